The highest BCUT2D eigenvalue weighted by Gasteiger charge is 2.51. The Labute approximate surface area is 422 Å². The number of pyridine rings is 2. The van der Waals surface area contributed by atoms with Gasteiger partial charge in [0.15, 0.2) is 11.5 Å². The van der Waals surface area contributed by atoms with Crippen LogP contribution in [0.3, 0.4) is 0 Å². The Morgan fingerprint density at radius 3 is 1.39 bits per heavy atom. The Kier molecular flexibility index (Phi) is 15.1. The third-order valence-electron chi connectivity index (χ3n) is 13.0. The van der Waals surface area contributed by atoms with Crippen LogP contribution in [0.25, 0.3) is 45.6 Å². The molecule has 4 fully saturated rings. The van der Waals surface area contributed by atoms with Gasteiger partial charge in [-0.1, -0.05) is 36.3 Å². The van der Waals surface area contributed by atoms with Gasteiger partial charge in [-0.3, -0.25) is 19.2 Å². The number of halogens is 3. The van der Waals surface area contributed by atoms with Gasteiger partial charge in [0, 0.05) is 90.7 Å². The van der Waals surface area contributed by atoms with Gasteiger partial charge in [0.25, 0.3) is 11.8 Å². The summed E-state index contributed by atoms with van der Waals surface area (Å²) < 4.78 is 48.8. The molecule has 390 valence electrons. The maximum atomic E-state index is 12.7. The SMILES string of the molecule is CC.CC(Nc1nccc(-c2cccc(-c3cc(C4(O)CCN(C)C4=O)on3)n2)n1)C(=O)N1CC(C(F)(F)F)C1.CC(Nc1nccc(-c2cccc(-c3cc(C4(O)CCN(C)C4=O)on3)n2)n1)C(=O)N1CCC1. The second-order valence-corrected chi connectivity index (χ2v) is 18.1. The van der Waals surface area contributed by atoms with Crippen LogP contribution < -0.4 is 10.6 Å². The van der Waals surface area contributed by atoms with Gasteiger partial charge < -0.3 is 49.5 Å². The van der Waals surface area contributed by atoms with Crippen LogP contribution >= 0.6 is 0 Å². The van der Waals surface area contributed by atoms with Crippen LogP contribution in [0.1, 0.15) is 58.5 Å². The van der Waals surface area contributed by atoms with Crippen molar-refractivity contribution in [2.24, 2.45) is 5.92 Å². The fourth-order valence-corrected chi connectivity index (χ4v) is 8.39. The maximum absolute atomic E-state index is 12.7. The first-order valence-corrected chi connectivity index (χ1v) is 24.0. The largest absolute Gasteiger partial charge is 0.395 e. The number of aromatic nitrogens is 8. The molecule has 4 unspecified atom stereocenters. The molecule has 0 aromatic carbocycles. The summed E-state index contributed by atoms with van der Waals surface area (Å²) in [7, 11) is 3.23. The van der Waals surface area contributed by atoms with Crippen LogP contribution in [0.2, 0.25) is 0 Å². The van der Waals surface area contributed by atoms with Crippen molar-refractivity contribution in [1.29, 1.82) is 0 Å². The van der Waals surface area contributed by atoms with Gasteiger partial charge in [-0.05, 0) is 56.7 Å². The van der Waals surface area contributed by atoms with Crippen molar-refractivity contribution >= 4 is 35.5 Å². The molecule has 4 saturated heterocycles. The number of nitrogens with one attached hydrogen (secondary N) is 2. The molecule has 0 saturated carbocycles. The summed E-state index contributed by atoms with van der Waals surface area (Å²) in [6.45, 7) is 8.99. The molecule has 22 nitrogen and oxygen atoms in total. The number of likely N-dealkylation sites (tertiary alicyclic amines) is 4. The van der Waals surface area contributed by atoms with E-state index in [1.54, 1.807) is 86.7 Å². The Bertz CT molecular complexity index is 3020. The third-order valence-corrected chi connectivity index (χ3v) is 13.0. The number of likely N-dealkylation sites (N-methyl/N-ethyl adjacent to an activating group) is 2. The number of alkyl halides is 3. The molecule has 10 heterocycles. The van der Waals surface area contributed by atoms with Crippen LogP contribution in [0.15, 0.2) is 82.1 Å². The molecular formula is C49H55F3N14O8. The zero-order valence-electron chi connectivity index (χ0n) is 41.4. The summed E-state index contributed by atoms with van der Waals surface area (Å²) in [5.41, 5.74) is 0.144. The summed E-state index contributed by atoms with van der Waals surface area (Å²) in [6.07, 6.45) is 0.204. The van der Waals surface area contributed by atoms with E-state index in [1.807, 2.05) is 13.8 Å². The molecule has 4 atom stereocenters. The highest BCUT2D eigenvalue weighted by Crippen LogP contribution is 2.37. The van der Waals surface area contributed by atoms with E-state index in [0.717, 1.165) is 24.4 Å². The highest BCUT2D eigenvalue weighted by atomic mass is 19.4. The number of carbonyl (C=O) groups is 4. The van der Waals surface area contributed by atoms with Crippen molar-refractivity contribution < 1.29 is 51.6 Å². The molecule has 25 heteroatoms. The molecular weight excluding hydrogens is 970 g/mol. The van der Waals surface area contributed by atoms with Crippen molar-refractivity contribution in [3.05, 3.63) is 84.6 Å². The minimum atomic E-state index is -4.32. The fraction of sp³-hybridized carbons (Fsp3) is 0.429. The Morgan fingerprint density at radius 2 is 1.03 bits per heavy atom. The lowest BCUT2D eigenvalue weighted by Crippen LogP contribution is -2.58. The molecule has 4 aliphatic rings. The summed E-state index contributed by atoms with van der Waals surface area (Å²) in [5, 5.41) is 35.5. The summed E-state index contributed by atoms with van der Waals surface area (Å²) in [6, 6.07) is 15.5. The van der Waals surface area contributed by atoms with Gasteiger partial charge in [0.05, 0.1) is 40.1 Å². The number of anilines is 2. The van der Waals surface area contributed by atoms with Crippen molar-refractivity contribution in [2.75, 3.05) is 64.0 Å². The van der Waals surface area contributed by atoms with E-state index in [-0.39, 0.29) is 49.3 Å². The zero-order valence-corrected chi connectivity index (χ0v) is 41.4. The highest BCUT2D eigenvalue weighted by molar-refractivity contribution is 5.89. The number of carbonyl (C=O) groups excluding carboxylic acids is 4. The molecule has 0 radical (unpaired) electrons. The molecule has 0 bridgehead atoms. The normalized spacial score (nSPS) is 20.4. The molecule has 10 rings (SSSR count). The summed E-state index contributed by atoms with van der Waals surface area (Å²) >= 11 is 0. The molecule has 4 aliphatic heterocycles. The van der Waals surface area contributed by atoms with Crippen LogP contribution in [0.5, 0.6) is 0 Å². The second-order valence-electron chi connectivity index (χ2n) is 18.1. The lowest BCUT2D eigenvalue weighted by Gasteiger charge is -2.41. The topological polar surface area (TPSA) is 275 Å². The number of amides is 4. The van der Waals surface area contributed by atoms with Crippen LogP contribution in [-0.4, -0.2) is 165 Å². The number of hydrogen-bond acceptors (Lipinski definition) is 18. The van der Waals surface area contributed by atoms with Gasteiger partial charge >= 0.3 is 6.18 Å². The Balaban J connectivity index is 0.000000192. The molecule has 0 aliphatic carbocycles. The number of hydrogen-bond donors (Lipinski definition) is 4. The lowest BCUT2D eigenvalue weighted by molar-refractivity contribution is -0.209. The second kappa shape index (κ2) is 21.3. The minimum Gasteiger partial charge on any atom is -0.373 e. The summed E-state index contributed by atoms with van der Waals surface area (Å²) in [4.78, 5) is 81.8. The quantitative estimate of drug-likeness (QED) is 0.132. The van der Waals surface area contributed by atoms with Gasteiger partial charge in [0.1, 0.15) is 23.5 Å². The first-order chi connectivity index (χ1) is 35.3. The monoisotopic (exact) mass is 1020 g/mol. The molecule has 0 spiro atoms. The van der Waals surface area contributed by atoms with E-state index < -0.39 is 53.1 Å². The first-order valence-electron chi connectivity index (χ1n) is 24.0. The van der Waals surface area contributed by atoms with E-state index in [9.17, 15) is 42.6 Å². The zero-order chi connectivity index (χ0) is 53.1. The van der Waals surface area contributed by atoms with E-state index in [4.69, 9.17) is 9.05 Å². The van der Waals surface area contributed by atoms with E-state index in [0.29, 0.717) is 64.6 Å². The third kappa shape index (κ3) is 10.7. The van der Waals surface area contributed by atoms with Gasteiger partial charge in [0.2, 0.25) is 34.9 Å². The Hall–Kier alpha value is -7.93. The van der Waals surface area contributed by atoms with E-state index >= 15 is 0 Å². The van der Waals surface area contributed by atoms with Gasteiger partial charge in [-0.15, -0.1) is 0 Å². The molecule has 74 heavy (non-hydrogen) atoms. The standard InChI is InChI=1S/C24H24F3N7O4.C23H25N7O4.C2H6/c1-13(20(35)34-11-14(12-34)24(25,26)27)29-22-28-8-6-17(31-22)15-4-3-5-16(30-15)18-10-19(38-32-18)23(37)7-9-33(2)21(23)36;1-14(20(31)30-10-4-11-30)25-22-24-9-7-17(27-22)15-5-3-6-16(26-15)18-13-19(34-28-18)23(33)8-12-29(2)21(23)32;1-2/h3-6,8,10,13-14,37H,7,9,11-12H2,1-2H3,(H,28,29,31);3,5-7,9,13-14,33H,4,8,10-12H2,1-2H3,(H,24,25,27);1-2H3. The van der Waals surface area contributed by atoms with Crippen molar-refractivity contribution in [2.45, 2.75) is 76.4 Å². The smallest absolute Gasteiger partial charge is 0.373 e. The molecule has 4 amide bonds. The molecule has 6 aromatic rings. The van der Waals surface area contributed by atoms with Crippen molar-refractivity contribution in [3.63, 3.8) is 0 Å². The maximum Gasteiger partial charge on any atom is 0.395 e. The average molecular weight is 1030 g/mol. The predicted molar refractivity (Wildman–Crippen MR) is 259 cm³/mol. The Morgan fingerprint density at radius 1 is 0.635 bits per heavy atom. The van der Waals surface area contributed by atoms with Crippen LogP contribution in [0.4, 0.5) is 25.1 Å². The average Bonchev–Trinajstić information content (AvgIpc) is 4.18. The van der Waals surface area contributed by atoms with Gasteiger partial charge in [-0.25, -0.2) is 29.9 Å². The number of rotatable bonds is 12. The fourth-order valence-electron chi connectivity index (χ4n) is 8.39. The molecule has 4 N–H and O–H groups in total. The van der Waals surface area contributed by atoms with Crippen molar-refractivity contribution in [1.82, 2.24) is 59.8 Å². The van der Waals surface area contributed by atoms with Crippen LogP contribution in [-0.2, 0) is 30.4 Å². The van der Waals surface area contributed by atoms with E-state index in [1.165, 1.54) is 29.0 Å². The number of aliphatic hydroxyl groups is 2. The summed E-state index contributed by atoms with van der Waals surface area (Å²) in [5.74, 6) is -2.27. The molecule has 6 aromatic heterocycles. The van der Waals surface area contributed by atoms with Gasteiger partial charge in [-0.2, -0.15) is 13.2 Å². The first kappa shape index (κ1) is 52.4. The van der Waals surface area contributed by atoms with E-state index in [2.05, 4.69) is 50.9 Å². The lowest BCUT2D eigenvalue weighted by atomic mass is 9.98. The number of nitrogens with zero attached hydrogens (tertiary/aromatic N) is 12. The van der Waals surface area contributed by atoms with Crippen LogP contribution in [0, 0.1) is 5.92 Å². The van der Waals surface area contributed by atoms with Crippen molar-refractivity contribution in [3.8, 4) is 45.6 Å². The predicted octanol–water partition coefficient (Wildman–Crippen LogP) is 4.37. The minimum absolute atomic E-state index is 0.0239.